The number of ketones is 1. The molecule has 1 atom stereocenters. The average molecular weight is 340 g/mol. The molecule has 4 nitrogen and oxygen atoms in total. The molecule has 0 saturated heterocycles. The van der Waals surface area contributed by atoms with Gasteiger partial charge in [-0.15, -0.1) is 0 Å². The van der Waals surface area contributed by atoms with Gasteiger partial charge in [-0.3, -0.25) is 0 Å². The first-order valence-corrected chi connectivity index (χ1v) is 9.61. The summed E-state index contributed by atoms with van der Waals surface area (Å²) < 4.78 is 5.51. The molecule has 134 valence electrons. The van der Waals surface area contributed by atoms with E-state index in [1.54, 1.807) is 6.92 Å². The van der Waals surface area contributed by atoms with E-state index in [0.717, 1.165) is 24.3 Å². The molecule has 1 heterocycles. The first-order chi connectivity index (χ1) is 12.2. The van der Waals surface area contributed by atoms with Crippen molar-refractivity contribution in [1.29, 1.82) is 0 Å². The molecule has 0 aliphatic heterocycles. The third-order valence-corrected chi connectivity index (χ3v) is 5.25. The second-order valence-electron chi connectivity index (χ2n) is 7.36. The minimum Gasteiger partial charge on any atom is -0.339 e. The summed E-state index contributed by atoms with van der Waals surface area (Å²) in [5.41, 5.74) is 0.946. The van der Waals surface area contributed by atoms with E-state index < -0.39 is 0 Å². The molecule has 1 aliphatic rings. The van der Waals surface area contributed by atoms with Crippen molar-refractivity contribution < 1.29 is 9.32 Å². The van der Waals surface area contributed by atoms with Crippen LogP contribution in [-0.2, 0) is 4.79 Å². The number of carbonyl (C=O) groups is 1. The smallest absolute Gasteiger partial charge is 0.230 e. The molecule has 3 rings (SSSR count). The molecule has 0 amide bonds. The van der Waals surface area contributed by atoms with Crippen LogP contribution in [0.4, 0.5) is 0 Å². The Hall–Kier alpha value is -1.97. The van der Waals surface area contributed by atoms with Crippen molar-refractivity contribution in [2.75, 3.05) is 0 Å². The maximum Gasteiger partial charge on any atom is 0.230 e. The maximum atomic E-state index is 11.7. The van der Waals surface area contributed by atoms with Crippen LogP contribution in [0.3, 0.4) is 0 Å². The van der Waals surface area contributed by atoms with E-state index in [1.165, 1.54) is 38.5 Å². The molecular weight excluding hydrogens is 312 g/mol. The first kappa shape index (κ1) is 17.8. The number of carbonyl (C=O) groups excluding carboxylic acids is 1. The third kappa shape index (κ3) is 5.25. The molecule has 0 radical (unpaired) electrons. The molecule has 1 aromatic heterocycles. The van der Waals surface area contributed by atoms with Crippen LogP contribution >= 0.6 is 0 Å². The Morgan fingerprint density at radius 1 is 1.20 bits per heavy atom. The second-order valence-corrected chi connectivity index (χ2v) is 7.36. The Morgan fingerprint density at radius 2 is 1.96 bits per heavy atom. The second kappa shape index (κ2) is 8.93. The first-order valence-electron chi connectivity index (χ1n) is 9.61. The van der Waals surface area contributed by atoms with Crippen molar-refractivity contribution in [2.45, 2.75) is 70.6 Å². The number of nitrogens with zero attached hydrogens (tertiary/aromatic N) is 2. The predicted octanol–water partition coefficient (Wildman–Crippen LogP) is 5.55. The van der Waals surface area contributed by atoms with Gasteiger partial charge in [0, 0.05) is 17.9 Å². The Bertz CT molecular complexity index is 660. The molecular formula is C21H28N2O2. The minimum atomic E-state index is 0.0473. The summed E-state index contributed by atoms with van der Waals surface area (Å²) in [6.07, 6.45) is 10.7. The molecule has 0 bridgehead atoms. The largest absolute Gasteiger partial charge is 0.339 e. The van der Waals surface area contributed by atoms with Crippen molar-refractivity contribution in [3.8, 4) is 11.4 Å². The van der Waals surface area contributed by atoms with Gasteiger partial charge in [-0.2, -0.15) is 4.98 Å². The van der Waals surface area contributed by atoms with Crippen molar-refractivity contribution in [3.63, 3.8) is 0 Å². The lowest BCUT2D eigenvalue weighted by Gasteiger charge is -2.22. The SMILES string of the molecule is CC(=O)C[C@@H](CCCC1CCCCC1)c1nc(-c2ccccc2)no1. The monoisotopic (exact) mass is 340 g/mol. The van der Waals surface area contributed by atoms with Gasteiger partial charge in [0.15, 0.2) is 0 Å². The van der Waals surface area contributed by atoms with E-state index >= 15 is 0 Å². The summed E-state index contributed by atoms with van der Waals surface area (Å²) in [5.74, 6) is 2.32. The Morgan fingerprint density at radius 3 is 2.68 bits per heavy atom. The Balaban J connectivity index is 1.62. The lowest BCUT2D eigenvalue weighted by molar-refractivity contribution is -0.117. The highest BCUT2D eigenvalue weighted by molar-refractivity contribution is 5.76. The summed E-state index contributed by atoms with van der Waals surface area (Å²) in [5, 5.41) is 4.12. The number of hydrogen-bond donors (Lipinski definition) is 0. The van der Waals surface area contributed by atoms with Crippen molar-refractivity contribution >= 4 is 5.78 Å². The number of benzene rings is 1. The molecule has 0 unspecified atom stereocenters. The molecule has 2 aromatic rings. The molecule has 25 heavy (non-hydrogen) atoms. The predicted molar refractivity (Wildman–Crippen MR) is 98.2 cm³/mol. The van der Waals surface area contributed by atoms with E-state index in [0.29, 0.717) is 18.1 Å². The summed E-state index contributed by atoms with van der Waals surface area (Å²) >= 11 is 0. The van der Waals surface area contributed by atoms with E-state index in [2.05, 4.69) is 10.1 Å². The highest BCUT2D eigenvalue weighted by atomic mass is 16.5. The van der Waals surface area contributed by atoms with Crippen LogP contribution in [0.2, 0.25) is 0 Å². The van der Waals surface area contributed by atoms with Crippen LogP contribution < -0.4 is 0 Å². The van der Waals surface area contributed by atoms with Crippen LogP contribution in [-0.4, -0.2) is 15.9 Å². The van der Waals surface area contributed by atoms with Crippen molar-refractivity contribution in [1.82, 2.24) is 10.1 Å². The van der Waals surface area contributed by atoms with E-state index in [9.17, 15) is 4.79 Å². The Labute approximate surface area is 150 Å². The van der Waals surface area contributed by atoms with Crippen LogP contribution in [0.1, 0.15) is 76.5 Å². The summed E-state index contributed by atoms with van der Waals surface area (Å²) in [7, 11) is 0. The highest BCUT2D eigenvalue weighted by Crippen LogP contribution is 2.31. The fraction of sp³-hybridized carbons (Fsp3) is 0.571. The highest BCUT2D eigenvalue weighted by Gasteiger charge is 2.22. The molecule has 0 N–H and O–H groups in total. The fourth-order valence-electron chi connectivity index (χ4n) is 3.89. The van der Waals surface area contributed by atoms with Gasteiger partial charge in [0.05, 0.1) is 0 Å². The molecule has 4 heteroatoms. The Kier molecular flexibility index (Phi) is 6.37. The quantitative estimate of drug-likeness (QED) is 0.632. The molecule has 1 fully saturated rings. The van der Waals surface area contributed by atoms with Crippen molar-refractivity contribution in [3.05, 3.63) is 36.2 Å². The van der Waals surface area contributed by atoms with Crippen LogP contribution in [0.25, 0.3) is 11.4 Å². The number of rotatable bonds is 8. The fourth-order valence-corrected chi connectivity index (χ4v) is 3.89. The molecule has 1 saturated carbocycles. The van der Waals surface area contributed by atoms with Gasteiger partial charge in [-0.1, -0.05) is 80.4 Å². The minimum absolute atomic E-state index is 0.0473. The van der Waals surface area contributed by atoms with E-state index in [4.69, 9.17) is 4.52 Å². The van der Waals surface area contributed by atoms with Crippen molar-refractivity contribution in [2.24, 2.45) is 5.92 Å². The van der Waals surface area contributed by atoms with Crippen LogP contribution in [0.5, 0.6) is 0 Å². The van der Waals surface area contributed by atoms with Gasteiger partial charge in [0.2, 0.25) is 11.7 Å². The lowest BCUT2D eigenvalue weighted by Crippen LogP contribution is -2.09. The van der Waals surface area contributed by atoms with E-state index in [1.807, 2.05) is 30.3 Å². The average Bonchev–Trinajstić information content (AvgIpc) is 3.12. The standard InChI is InChI=1S/C21H28N2O2/c1-16(24)15-19(14-8-11-17-9-4-2-5-10-17)21-22-20(23-25-21)18-12-6-3-7-13-18/h3,6-7,12-13,17,19H,2,4-5,8-11,14-15H2,1H3/t19-/m1/s1. The summed E-state index contributed by atoms with van der Waals surface area (Å²) in [6, 6.07) is 9.83. The number of hydrogen-bond acceptors (Lipinski definition) is 4. The van der Waals surface area contributed by atoms with Crippen LogP contribution in [0, 0.1) is 5.92 Å². The van der Waals surface area contributed by atoms with Gasteiger partial charge in [-0.25, -0.2) is 0 Å². The van der Waals surface area contributed by atoms with Gasteiger partial charge < -0.3 is 9.32 Å². The van der Waals surface area contributed by atoms with Gasteiger partial charge in [0.1, 0.15) is 5.78 Å². The van der Waals surface area contributed by atoms with Gasteiger partial charge in [0.25, 0.3) is 0 Å². The summed E-state index contributed by atoms with van der Waals surface area (Å²) in [4.78, 5) is 16.2. The lowest BCUT2D eigenvalue weighted by atomic mass is 9.84. The molecule has 0 spiro atoms. The number of aromatic nitrogens is 2. The van der Waals surface area contributed by atoms with E-state index in [-0.39, 0.29) is 11.7 Å². The third-order valence-electron chi connectivity index (χ3n) is 5.25. The molecule has 1 aliphatic carbocycles. The van der Waals surface area contributed by atoms with Crippen LogP contribution in [0.15, 0.2) is 34.9 Å². The summed E-state index contributed by atoms with van der Waals surface area (Å²) in [6.45, 7) is 1.64. The zero-order chi connectivity index (χ0) is 17.5. The zero-order valence-corrected chi connectivity index (χ0v) is 15.1. The zero-order valence-electron chi connectivity index (χ0n) is 15.1. The van der Waals surface area contributed by atoms with Gasteiger partial charge in [-0.05, 0) is 19.3 Å². The maximum absolute atomic E-state index is 11.7. The molecule has 1 aromatic carbocycles. The number of Topliss-reactive ketones (excluding diaryl/α,β-unsaturated/α-hetero) is 1. The normalized spacial score (nSPS) is 16.7. The van der Waals surface area contributed by atoms with Gasteiger partial charge >= 0.3 is 0 Å². The topological polar surface area (TPSA) is 56.0 Å².